The van der Waals surface area contributed by atoms with Crippen molar-refractivity contribution in [1.82, 2.24) is 35.0 Å². The standard InChI is InChI=1S/C20H25N7O2S/c28-19(7-9-27-18(22-23-24-27)14-25-10-12-29-13-11-25)26-8-3-5-16(26)20-21-15-4-1-2-6-17(15)30-20/h1-2,4,6,16H,3,5,7-14H2/t16-/m0/s1. The van der Waals surface area contributed by atoms with E-state index in [9.17, 15) is 4.79 Å². The molecule has 2 fully saturated rings. The number of tetrazole rings is 1. The number of thiazole rings is 1. The Morgan fingerprint density at radius 3 is 2.93 bits per heavy atom. The van der Waals surface area contributed by atoms with Crippen molar-refractivity contribution in [2.24, 2.45) is 0 Å². The van der Waals surface area contributed by atoms with Crippen LogP contribution in [0.15, 0.2) is 24.3 Å². The van der Waals surface area contributed by atoms with Gasteiger partial charge in [0.25, 0.3) is 0 Å². The summed E-state index contributed by atoms with van der Waals surface area (Å²) in [5.41, 5.74) is 1.01. The van der Waals surface area contributed by atoms with Crippen LogP contribution in [0.3, 0.4) is 0 Å². The van der Waals surface area contributed by atoms with Gasteiger partial charge < -0.3 is 9.64 Å². The normalized spacial score (nSPS) is 20.3. The number of ether oxygens (including phenoxy) is 1. The summed E-state index contributed by atoms with van der Waals surface area (Å²) < 4.78 is 8.33. The number of para-hydroxylation sites is 1. The zero-order chi connectivity index (χ0) is 20.3. The molecule has 2 aliphatic heterocycles. The molecular weight excluding hydrogens is 402 g/mol. The van der Waals surface area contributed by atoms with Gasteiger partial charge in [0, 0.05) is 26.1 Å². The van der Waals surface area contributed by atoms with Gasteiger partial charge in [-0.05, 0) is 35.4 Å². The highest BCUT2D eigenvalue weighted by atomic mass is 32.1. The lowest BCUT2D eigenvalue weighted by Crippen LogP contribution is -2.36. The lowest BCUT2D eigenvalue weighted by atomic mass is 10.2. The first-order valence-corrected chi connectivity index (χ1v) is 11.3. The largest absolute Gasteiger partial charge is 0.379 e. The molecule has 30 heavy (non-hydrogen) atoms. The molecule has 4 heterocycles. The molecule has 5 rings (SSSR count). The van der Waals surface area contributed by atoms with Gasteiger partial charge in [-0.25, -0.2) is 9.67 Å². The van der Waals surface area contributed by atoms with Gasteiger partial charge in [-0.1, -0.05) is 12.1 Å². The summed E-state index contributed by atoms with van der Waals surface area (Å²) in [7, 11) is 0. The minimum atomic E-state index is 0.0802. The van der Waals surface area contributed by atoms with Gasteiger partial charge in [0.15, 0.2) is 5.82 Å². The summed E-state index contributed by atoms with van der Waals surface area (Å²) in [4.78, 5) is 22.1. The first-order valence-electron chi connectivity index (χ1n) is 10.5. The minimum absolute atomic E-state index is 0.0802. The number of aryl methyl sites for hydroxylation is 1. The van der Waals surface area contributed by atoms with Crippen molar-refractivity contribution in [3.8, 4) is 0 Å². The molecule has 0 aliphatic carbocycles. The number of carbonyl (C=O) groups is 1. The van der Waals surface area contributed by atoms with Crippen molar-refractivity contribution in [2.75, 3.05) is 32.8 Å². The van der Waals surface area contributed by atoms with E-state index in [4.69, 9.17) is 9.72 Å². The fourth-order valence-corrected chi connectivity index (χ4v) is 5.28. The molecule has 3 aromatic rings. The van der Waals surface area contributed by atoms with E-state index in [2.05, 4.69) is 26.5 Å². The smallest absolute Gasteiger partial charge is 0.225 e. The molecule has 0 spiro atoms. The van der Waals surface area contributed by atoms with Gasteiger partial charge in [0.2, 0.25) is 5.91 Å². The molecule has 1 atom stereocenters. The summed E-state index contributed by atoms with van der Waals surface area (Å²) in [5.74, 6) is 0.943. The second-order valence-electron chi connectivity index (χ2n) is 7.72. The molecule has 0 N–H and O–H groups in total. The lowest BCUT2D eigenvalue weighted by Gasteiger charge is -2.26. The highest BCUT2D eigenvalue weighted by molar-refractivity contribution is 7.18. The summed E-state index contributed by atoms with van der Waals surface area (Å²) in [6, 6.07) is 8.23. The summed E-state index contributed by atoms with van der Waals surface area (Å²) >= 11 is 1.70. The summed E-state index contributed by atoms with van der Waals surface area (Å²) in [5, 5.41) is 13.1. The van der Waals surface area contributed by atoms with E-state index < -0.39 is 0 Å². The van der Waals surface area contributed by atoms with Gasteiger partial charge in [-0.2, -0.15) is 0 Å². The van der Waals surface area contributed by atoms with E-state index in [1.54, 1.807) is 16.0 Å². The van der Waals surface area contributed by atoms with Crippen LogP contribution in [-0.2, 0) is 22.6 Å². The van der Waals surface area contributed by atoms with Gasteiger partial charge in [0.05, 0.1) is 42.6 Å². The minimum Gasteiger partial charge on any atom is -0.379 e. The predicted octanol–water partition coefficient (Wildman–Crippen LogP) is 1.87. The number of rotatable bonds is 6. The number of benzene rings is 1. The zero-order valence-electron chi connectivity index (χ0n) is 16.8. The van der Waals surface area contributed by atoms with Crippen molar-refractivity contribution < 1.29 is 9.53 Å². The number of fused-ring (bicyclic) bond motifs is 1. The van der Waals surface area contributed by atoms with Gasteiger partial charge in [0.1, 0.15) is 5.01 Å². The quantitative estimate of drug-likeness (QED) is 0.593. The van der Waals surface area contributed by atoms with Crippen LogP contribution in [0.1, 0.15) is 36.1 Å². The first-order chi connectivity index (χ1) is 14.8. The molecule has 2 aliphatic rings. The Bertz CT molecular complexity index is 980. The maximum absolute atomic E-state index is 13.0. The van der Waals surface area contributed by atoms with Gasteiger partial charge >= 0.3 is 0 Å². The third-order valence-corrected chi connectivity index (χ3v) is 6.92. The van der Waals surface area contributed by atoms with E-state index >= 15 is 0 Å². The third kappa shape index (κ3) is 4.07. The number of nitrogens with zero attached hydrogens (tertiary/aromatic N) is 7. The molecule has 158 valence electrons. The fraction of sp³-hybridized carbons (Fsp3) is 0.550. The molecule has 2 saturated heterocycles. The van der Waals surface area contributed by atoms with E-state index in [1.165, 1.54) is 4.70 Å². The maximum Gasteiger partial charge on any atom is 0.225 e. The van der Waals surface area contributed by atoms with Crippen molar-refractivity contribution in [3.63, 3.8) is 0 Å². The van der Waals surface area contributed by atoms with Crippen molar-refractivity contribution in [1.29, 1.82) is 0 Å². The third-order valence-electron chi connectivity index (χ3n) is 5.78. The highest BCUT2D eigenvalue weighted by Crippen LogP contribution is 2.36. The average molecular weight is 428 g/mol. The fourth-order valence-electron chi connectivity index (χ4n) is 4.17. The highest BCUT2D eigenvalue weighted by Gasteiger charge is 2.32. The number of likely N-dealkylation sites (tertiary alicyclic amines) is 1. The Balaban J connectivity index is 1.23. The van der Waals surface area contributed by atoms with Crippen LogP contribution in [0.25, 0.3) is 10.2 Å². The van der Waals surface area contributed by atoms with E-state index in [0.717, 1.165) is 62.0 Å². The Morgan fingerprint density at radius 1 is 1.20 bits per heavy atom. The van der Waals surface area contributed by atoms with Crippen LogP contribution in [0, 0.1) is 0 Å². The summed E-state index contributed by atoms with van der Waals surface area (Å²) in [6.07, 6.45) is 2.38. The second kappa shape index (κ2) is 8.75. The Morgan fingerprint density at radius 2 is 2.07 bits per heavy atom. The molecule has 1 aromatic carbocycles. The predicted molar refractivity (Wildman–Crippen MR) is 112 cm³/mol. The van der Waals surface area contributed by atoms with E-state index in [1.807, 2.05) is 23.1 Å². The topological polar surface area (TPSA) is 89.3 Å². The number of hydrogen-bond donors (Lipinski definition) is 0. The monoisotopic (exact) mass is 427 g/mol. The van der Waals surface area contributed by atoms with Crippen LogP contribution in [0.5, 0.6) is 0 Å². The molecule has 1 amide bonds. The van der Waals surface area contributed by atoms with Crippen LogP contribution < -0.4 is 0 Å². The SMILES string of the molecule is O=C(CCn1nnnc1CN1CCOCC1)N1CCC[C@H]1c1nc2ccccc2s1. The van der Waals surface area contributed by atoms with E-state index in [-0.39, 0.29) is 11.9 Å². The molecular formula is C20H25N7O2S. The number of carbonyl (C=O) groups excluding carboxylic acids is 1. The van der Waals surface area contributed by atoms with Crippen molar-refractivity contribution in [2.45, 2.75) is 38.4 Å². The maximum atomic E-state index is 13.0. The van der Waals surface area contributed by atoms with Crippen LogP contribution >= 0.6 is 11.3 Å². The van der Waals surface area contributed by atoms with Gasteiger partial charge in [-0.15, -0.1) is 16.4 Å². The number of morpholine rings is 1. The lowest BCUT2D eigenvalue weighted by molar-refractivity contribution is -0.132. The molecule has 0 saturated carbocycles. The zero-order valence-corrected chi connectivity index (χ0v) is 17.6. The van der Waals surface area contributed by atoms with Crippen LogP contribution in [-0.4, -0.2) is 73.7 Å². The van der Waals surface area contributed by atoms with Crippen LogP contribution in [0.2, 0.25) is 0 Å². The van der Waals surface area contributed by atoms with Crippen molar-refractivity contribution >= 4 is 27.5 Å². The Hall–Kier alpha value is -2.43. The van der Waals surface area contributed by atoms with E-state index in [0.29, 0.717) is 19.5 Å². The average Bonchev–Trinajstić information content (AvgIpc) is 3.51. The molecule has 10 heteroatoms. The second-order valence-corrected chi connectivity index (χ2v) is 8.78. The van der Waals surface area contributed by atoms with Crippen molar-refractivity contribution in [3.05, 3.63) is 35.1 Å². The van der Waals surface area contributed by atoms with Crippen LogP contribution in [0.4, 0.5) is 0 Å². The first kappa shape index (κ1) is 19.5. The van der Waals surface area contributed by atoms with Gasteiger partial charge in [-0.3, -0.25) is 9.69 Å². The molecule has 2 aromatic heterocycles. The summed E-state index contributed by atoms with van der Waals surface area (Å²) in [6.45, 7) is 5.20. The number of aromatic nitrogens is 5. The molecule has 0 bridgehead atoms. The molecule has 9 nitrogen and oxygen atoms in total. The Labute approximate surface area is 178 Å². The number of amides is 1. The molecule has 0 radical (unpaired) electrons. The number of hydrogen-bond acceptors (Lipinski definition) is 8. The molecule has 0 unspecified atom stereocenters. The Kier molecular flexibility index (Phi) is 5.69.